The van der Waals surface area contributed by atoms with Gasteiger partial charge < -0.3 is 15.3 Å². The number of anilines is 1. The van der Waals surface area contributed by atoms with Crippen LogP contribution in [-0.2, 0) is 4.79 Å². The molecule has 1 aliphatic heterocycles. The van der Waals surface area contributed by atoms with Crippen LogP contribution in [0.3, 0.4) is 0 Å². The van der Waals surface area contributed by atoms with Crippen LogP contribution < -0.4 is 15.6 Å². The molecule has 162 valence electrons. The number of carboxylic acids is 1. The first-order valence-electron chi connectivity index (χ1n) is 9.69. The summed E-state index contributed by atoms with van der Waals surface area (Å²) in [4.78, 5) is 46.2. The number of amides is 1. The lowest BCUT2D eigenvalue weighted by atomic mass is 9.99. The summed E-state index contributed by atoms with van der Waals surface area (Å²) >= 11 is 0.976. The lowest BCUT2D eigenvalue weighted by molar-refractivity contribution is -0.125. The molecule has 1 saturated heterocycles. The second kappa shape index (κ2) is 8.38. The molecular weight excluding hydrogens is 427 g/mol. The molecule has 1 aliphatic rings. The standard InChI is InChI=1S/C19H19FN6O4S/c1-2-3-4-21-17(28)10-6-25(7-10)16-13(20)5-11-14(27)12(18(29)30)8-26(15(11)24-16)19-22-9-23-31-19/h5,8-10H,2-4,6-7H2,1H3,(H,21,28)(H,29,30). The van der Waals surface area contributed by atoms with E-state index < -0.39 is 22.8 Å². The molecule has 2 N–H and O–H groups in total. The first-order chi connectivity index (χ1) is 14.9. The molecule has 0 saturated carbocycles. The minimum Gasteiger partial charge on any atom is -0.477 e. The number of halogens is 1. The van der Waals surface area contributed by atoms with Gasteiger partial charge in [-0.25, -0.2) is 19.2 Å². The molecule has 0 aliphatic carbocycles. The average Bonchev–Trinajstić information content (AvgIpc) is 3.22. The Morgan fingerprint density at radius 3 is 2.81 bits per heavy atom. The molecule has 10 nitrogen and oxygen atoms in total. The van der Waals surface area contributed by atoms with Gasteiger partial charge in [-0.05, 0) is 12.5 Å². The highest BCUT2D eigenvalue weighted by Gasteiger charge is 2.35. The van der Waals surface area contributed by atoms with Gasteiger partial charge in [0.25, 0.3) is 0 Å². The number of rotatable bonds is 7. The van der Waals surface area contributed by atoms with Crippen LogP contribution in [0, 0.1) is 11.7 Å². The van der Waals surface area contributed by atoms with E-state index in [1.54, 1.807) is 4.90 Å². The van der Waals surface area contributed by atoms with Crippen LogP contribution in [0.2, 0.25) is 0 Å². The van der Waals surface area contributed by atoms with E-state index in [4.69, 9.17) is 0 Å². The van der Waals surface area contributed by atoms with Crippen LogP contribution in [0.25, 0.3) is 16.2 Å². The number of nitrogens with zero attached hydrogens (tertiary/aromatic N) is 5. The zero-order chi connectivity index (χ0) is 22.1. The van der Waals surface area contributed by atoms with Crippen LogP contribution in [-0.4, -0.2) is 55.5 Å². The number of pyridine rings is 2. The van der Waals surface area contributed by atoms with Gasteiger partial charge in [0.1, 0.15) is 11.9 Å². The summed E-state index contributed by atoms with van der Waals surface area (Å²) in [6.07, 6.45) is 4.27. The zero-order valence-corrected chi connectivity index (χ0v) is 17.4. The largest absolute Gasteiger partial charge is 0.477 e. The van der Waals surface area contributed by atoms with E-state index in [9.17, 15) is 23.9 Å². The Hall–Kier alpha value is -3.41. The van der Waals surface area contributed by atoms with Crippen molar-refractivity contribution in [1.29, 1.82) is 0 Å². The quantitative estimate of drug-likeness (QED) is 0.521. The third kappa shape index (κ3) is 3.85. The number of carboxylic acid groups (broad SMARTS) is 1. The second-order valence-corrected chi connectivity index (χ2v) is 7.94. The first kappa shape index (κ1) is 20.8. The van der Waals surface area contributed by atoms with Gasteiger partial charge in [0, 0.05) is 37.4 Å². The summed E-state index contributed by atoms with van der Waals surface area (Å²) in [5.74, 6) is -2.56. The summed E-state index contributed by atoms with van der Waals surface area (Å²) < 4.78 is 20.0. The van der Waals surface area contributed by atoms with E-state index in [1.807, 2.05) is 6.92 Å². The number of carbonyl (C=O) groups excluding carboxylic acids is 1. The van der Waals surface area contributed by atoms with E-state index in [0.29, 0.717) is 19.6 Å². The van der Waals surface area contributed by atoms with Crippen LogP contribution in [0.4, 0.5) is 10.2 Å². The molecule has 4 rings (SSSR count). The Balaban J connectivity index is 1.70. The Labute approximate surface area is 179 Å². The number of hydrogen-bond acceptors (Lipinski definition) is 8. The van der Waals surface area contributed by atoms with Crippen molar-refractivity contribution in [3.8, 4) is 5.13 Å². The van der Waals surface area contributed by atoms with E-state index >= 15 is 0 Å². The Kier molecular flexibility index (Phi) is 5.63. The van der Waals surface area contributed by atoms with Gasteiger partial charge in [-0.15, -0.1) is 0 Å². The highest BCUT2D eigenvalue weighted by Crippen LogP contribution is 2.28. The Morgan fingerprint density at radius 2 is 2.16 bits per heavy atom. The SMILES string of the molecule is CCCCNC(=O)C1CN(c2nc3c(cc2F)c(=O)c(C(=O)O)cn3-c2ncns2)C1. The molecule has 0 atom stereocenters. The second-order valence-electron chi connectivity index (χ2n) is 7.18. The van der Waals surface area contributed by atoms with Crippen molar-refractivity contribution in [1.82, 2.24) is 24.2 Å². The van der Waals surface area contributed by atoms with Crippen molar-refractivity contribution in [2.45, 2.75) is 19.8 Å². The van der Waals surface area contributed by atoms with Crippen molar-refractivity contribution in [3.05, 3.63) is 40.2 Å². The number of nitrogens with one attached hydrogen (secondary N) is 1. The lowest BCUT2D eigenvalue weighted by Gasteiger charge is -2.39. The summed E-state index contributed by atoms with van der Waals surface area (Å²) in [5.41, 5.74) is -1.29. The number of fused-ring (bicyclic) bond motifs is 1. The van der Waals surface area contributed by atoms with Crippen molar-refractivity contribution < 1.29 is 19.1 Å². The Morgan fingerprint density at radius 1 is 1.39 bits per heavy atom. The number of unbranched alkanes of at least 4 members (excludes halogenated alkanes) is 1. The molecule has 1 amide bonds. The molecule has 3 aromatic rings. The van der Waals surface area contributed by atoms with Gasteiger partial charge in [-0.3, -0.25) is 14.2 Å². The molecule has 12 heteroatoms. The van der Waals surface area contributed by atoms with Gasteiger partial charge in [0.05, 0.1) is 11.3 Å². The van der Waals surface area contributed by atoms with Gasteiger partial charge in [0.2, 0.25) is 16.5 Å². The first-order valence-corrected chi connectivity index (χ1v) is 10.5. The lowest BCUT2D eigenvalue weighted by Crippen LogP contribution is -2.54. The van der Waals surface area contributed by atoms with Gasteiger partial charge in [-0.1, -0.05) is 13.3 Å². The Bertz CT molecular complexity index is 1210. The summed E-state index contributed by atoms with van der Waals surface area (Å²) in [7, 11) is 0. The van der Waals surface area contributed by atoms with Crippen molar-refractivity contribution in [3.63, 3.8) is 0 Å². The third-order valence-corrected chi connectivity index (χ3v) is 5.75. The molecule has 31 heavy (non-hydrogen) atoms. The van der Waals surface area contributed by atoms with Crippen LogP contribution in [0.15, 0.2) is 23.4 Å². The molecule has 0 aromatic carbocycles. The molecule has 4 heterocycles. The van der Waals surface area contributed by atoms with Gasteiger partial charge >= 0.3 is 5.97 Å². The smallest absolute Gasteiger partial charge is 0.341 e. The molecule has 1 fully saturated rings. The monoisotopic (exact) mass is 446 g/mol. The fourth-order valence-corrected chi connectivity index (χ4v) is 3.87. The summed E-state index contributed by atoms with van der Waals surface area (Å²) in [6.45, 7) is 3.23. The van der Waals surface area contributed by atoms with Crippen molar-refractivity contribution >= 4 is 40.3 Å². The van der Waals surface area contributed by atoms with Gasteiger partial charge in [-0.2, -0.15) is 4.37 Å². The van der Waals surface area contributed by atoms with Crippen LogP contribution >= 0.6 is 11.5 Å². The topological polar surface area (TPSA) is 130 Å². The molecule has 0 radical (unpaired) electrons. The molecule has 0 bridgehead atoms. The average molecular weight is 446 g/mol. The van der Waals surface area contributed by atoms with E-state index in [-0.39, 0.29) is 33.8 Å². The van der Waals surface area contributed by atoms with Crippen molar-refractivity contribution in [2.75, 3.05) is 24.5 Å². The predicted molar refractivity (Wildman–Crippen MR) is 111 cm³/mol. The number of carbonyl (C=O) groups is 2. The number of aromatic carboxylic acids is 1. The third-order valence-electron chi connectivity index (χ3n) is 5.08. The summed E-state index contributed by atoms with van der Waals surface area (Å²) in [5, 5.41) is 12.3. The van der Waals surface area contributed by atoms with Crippen molar-refractivity contribution in [2.24, 2.45) is 5.92 Å². The molecule has 3 aromatic heterocycles. The highest BCUT2D eigenvalue weighted by molar-refractivity contribution is 7.08. The number of hydrogen-bond donors (Lipinski definition) is 2. The molecule has 0 unspecified atom stereocenters. The van der Waals surface area contributed by atoms with E-state index in [2.05, 4.69) is 19.7 Å². The van der Waals surface area contributed by atoms with Crippen LogP contribution in [0.1, 0.15) is 30.1 Å². The maximum absolute atomic E-state index is 14.8. The van der Waals surface area contributed by atoms with E-state index in [0.717, 1.165) is 36.6 Å². The fraction of sp³-hybridized carbons (Fsp3) is 0.368. The highest BCUT2D eigenvalue weighted by atomic mass is 32.1. The normalized spacial score (nSPS) is 13.9. The fourth-order valence-electron chi connectivity index (χ4n) is 3.36. The van der Waals surface area contributed by atoms with Gasteiger partial charge in [0.15, 0.2) is 17.3 Å². The minimum absolute atomic E-state index is 0.00847. The van der Waals surface area contributed by atoms with E-state index in [1.165, 1.54) is 10.9 Å². The number of aromatic nitrogens is 4. The predicted octanol–water partition coefficient (Wildman–Crippen LogP) is 1.43. The molecular formula is C19H19FN6O4S. The zero-order valence-electron chi connectivity index (χ0n) is 16.5. The maximum atomic E-state index is 14.8. The maximum Gasteiger partial charge on any atom is 0.341 e. The van der Waals surface area contributed by atoms with Crippen LogP contribution in [0.5, 0.6) is 0 Å². The summed E-state index contributed by atoms with van der Waals surface area (Å²) in [6, 6.07) is 0.985. The minimum atomic E-state index is -1.44. The molecule has 0 spiro atoms.